The van der Waals surface area contributed by atoms with Gasteiger partial charge in [0.05, 0.1) is 19.5 Å². The van der Waals surface area contributed by atoms with Crippen molar-refractivity contribution in [2.45, 2.75) is 19.6 Å². The van der Waals surface area contributed by atoms with Crippen molar-refractivity contribution in [2.75, 3.05) is 26.3 Å². The number of hydrogen-bond donors (Lipinski definition) is 1. The quantitative estimate of drug-likeness (QED) is 0.596. The lowest BCUT2D eigenvalue weighted by Gasteiger charge is -2.35. The molecule has 1 aromatic carbocycles. The summed E-state index contributed by atoms with van der Waals surface area (Å²) in [6, 6.07) is 4.47. The van der Waals surface area contributed by atoms with E-state index in [1.54, 1.807) is 13.0 Å². The average molecular weight is 444 g/mol. The van der Waals surface area contributed by atoms with Gasteiger partial charge in [0.15, 0.2) is 11.2 Å². The summed E-state index contributed by atoms with van der Waals surface area (Å²) in [5, 5.41) is 3.01. The van der Waals surface area contributed by atoms with Crippen molar-refractivity contribution < 1.29 is 13.9 Å². The van der Waals surface area contributed by atoms with Gasteiger partial charge < -0.3 is 14.6 Å². The summed E-state index contributed by atoms with van der Waals surface area (Å²) in [4.78, 5) is 44.0. The highest BCUT2D eigenvalue weighted by molar-refractivity contribution is 5.79. The third-order valence-corrected chi connectivity index (χ3v) is 5.77. The van der Waals surface area contributed by atoms with Crippen molar-refractivity contribution in [3.05, 3.63) is 62.3 Å². The van der Waals surface area contributed by atoms with Crippen LogP contribution < -0.4 is 16.6 Å². The zero-order chi connectivity index (χ0) is 23.0. The summed E-state index contributed by atoms with van der Waals surface area (Å²) >= 11 is 0. The number of ether oxygens (including phenoxy) is 1. The van der Waals surface area contributed by atoms with Crippen LogP contribution in [0.3, 0.4) is 0 Å². The molecule has 0 spiro atoms. The van der Waals surface area contributed by atoms with Gasteiger partial charge in [0.2, 0.25) is 5.91 Å². The largest absolute Gasteiger partial charge is 0.379 e. The first-order chi connectivity index (χ1) is 15.3. The lowest BCUT2D eigenvalue weighted by Crippen LogP contribution is -2.47. The number of rotatable bonds is 5. The van der Waals surface area contributed by atoms with Crippen LogP contribution >= 0.6 is 0 Å². The minimum absolute atomic E-state index is 0.162. The minimum atomic E-state index is -0.521. The Labute approximate surface area is 182 Å². The molecule has 3 heterocycles. The molecule has 10 nitrogen and oxygen atoms in total. The highest BCUT2D eigenvalue weighted by atomic mass is 19.1. The molecule has 2 aromatic heterocycles. The van der Waals surface area contributed by atoms with Crippen LogP contribution in [0.4, 0.5) is 4.39 Å². The Morgan fingerprint density at radius 3 is 2.62 bits per heavy atom. The standard InChI is InChI=1S/C21H25FN6O4/c1-13-10-14(22)4-5-15(13)18(27-6-8-32-9-7-27)24-16(29)11-28-12-23-19-17(28)20(30)26(3)21(31)25(19)2/h4-5,10,12,18H,6-9,11H2,1-3H3,(H,24,29). The van der Waals surface area contributed by atoms with E-state index in [-0.39, 0.29) is 29.4 Å². The monoisotopic (exact) mass is 444 g/mol. The number of amides is 1. The number of fused-ring (bicyclic) bond motifs is 1. The molecule has 1 N–H and O–H groups in total. The molecule has 3 aromatic rings. The second-order valence-corrected chi connectivity index (χ2v) is 7.87. The van der Waals surface area contributed by atoms with E-state index in [1.165, 1.54) is 41.7 Å². The molecule has 1 amide bonds. The number of nitrogens with one attached hydrogen (secondary N) is 1. The van der Waals surface area contributed by atoms with Gasteiger partial charge in [0, 0.05) is 27.2 Å². The molecule has 1 atom stereocenters. The first-order valence-corrected chi connectivity index (χ1v) is 10.3. The van der Waals surface area contributed by atoms with Gasteiger partial charge in [-0.1, -0.05) is 6.07 Å². The molecular formula is C21H25FN6O4. The summed E-state index contributed by atoms with van der Waals surface area (Å²) in [6.07, 6.45) is 0.895. The SMILES string of the molecule is Cc1cc(F)ccc1C(NC(=O)Cn1cnc2c1c(=O)n(C)c(=O)n2C)N1CCOCC1. The lowest BCUT2D eigenvalue weighted by molar-refractivity contribution is -0.124. The van der Waals surface area contributed by atoms with Crippen molar-refractivity contribution >= 4 is 17.1 Å². The molecule has 0 aliphatic carbocycles. The average Bonchev–Trinajstić information content (AvgIpc) is 3.19. The van der Waals surface area contributed by atoms with E-state index < -0.39 is 17.4 Å². The van der Waals surface area contributed by atoms with Crippen LogP contribution in [0.1, 0.15) is 17.3 Å². The number of imidazole rings is 1. The highest BCUT2D eigenvalue weighted by Gasteiger charge is 2.26. The Kier molecular flexibility index (Phi) is 5.94. The van der Waals surface area contributed by atoms with Crippen LogP contribution in [0.5, 0.6) is 0 Å². The molecule has 0 radical (unpaired) electrons. The molecule has 1 aliphatic heterocycles. The molecule has 1 aliphatic rings. The van der Waals surface area contributed by atoms with E-state index in [9.17, 15) is 18.8 Å². The number of hydrogen-bond acceptors (Lipinski definition) is 6. The number of carbonyl (C=O) groups is 1. The number of aromatic nitrogens is 4. The summed E-state index contributed by atoms with van der Waals surface area (Å²) < 4.78 is 22.8. The summed E-state index contributed by atoms with van der Waals surface area (Å²) in [5.41, 5.74) is 0.883. The van der Waals surface area contributed by atoms with Crippen LogP contribution in [0.25, 0.3) is 11.2 Å². The Morgan fingerprint density at radius 1 is 1.22 bits per heavy atom. The summed E-state index contributed by atoms with van der Waals surface area (Å²) in [7, 11) is 2.90. The maximum atomic E-state index is 13.7. The number of carbonyl (C=O) groups excluding carboxylic acids is 1. The maximum Gasteiger partial charge on any atom is 0.332 e. The fraction of sp³-hybridized carbons (Fsp3) is 0.429. The molecule has 1 saturated heterocycles. The number of benzene rings is 1. The van der Waals surface area contributed by atoms with E-state index >= 15 is 0 Å². The normalized spacial score (nSPS) is 15.8. The predicted molar refractivity (Wildman–Crippen MR) is 115 cm³/mol. The second-order valence-electron chi connectivity index (χ2n) is 7.87. The molecule has 0 bridgehead atoms. The zero-order valence-electron chi connectivity index (χ0n) is 18.2. The van der Waals surface area contributed by atoms with Crippen molar-refractivity contribution in [2.24, 2.45) is 14.1 Å². The van der Waals surface area contributed by atoms with Crippen LogP contribution in [0.2, 0.25) is 0 Å². The topological polar surface area (TPSA) is 103 Å². The zero-order valence-corrected chi connectivity index (χ0v) is 18.2. The van der Waals surface area contributed by atoms with Gasteiger partial charge in [-0.3, -0.25) is 23.6 Å². The Morgan fingerprint density at radius 2 is 1.94 bits per heavy atom. The van der Waals surface area contributed by atoms with E-state index in [2.05, 4.69) is 15.2 Å². The van der Waals surface area contributed by atoms with E-state index in [0.717, 1.165) is 15.7 Å². The Balaban J connectivity index is 1.64. The molecule has 170 valence electrons. The van der Waals surface area contributed by atoms with Crippen molar-refractivity contribution in [1.82, 2.24) is 28.9 Å². The molecule has 0 saturated carbocycles. The predicted octanol–water partition coefficient (Wildman–Crippen LogP) is 0.0284. The van der Waals surface area contributed by atoms with Crippen LogP contribution in [-0.4, -0.2) is 55.8 Å². The van der Waals surface area contributed by atoms with Gasteiger partial charge in [0.1, 0.15) is 18.5 Å². The van der Waals surface area contributed by atoms with Gasteiger partial charge in [0.25, 0.3) is 5.56 Å². The summed E-state index contributed by atoms with van der Waals surface area (Å²) in [6.45, 7) is 3.92. The number of nitrogens with zero attached hydrogens (tertiary/aromatic N) is 5. The second kappa shape index (κ2) is 8.67. The number of morpholine rings is 1. The lowest BCUT2D eigenvalue weighted by atomic mass is 10.0. The van der Waals surface area contributed by atoms with Crippen molar-refractivity contribution in [1.29, 1.82) is 0 Å². The van der Waals surface area contributed by atoms with E-state index in [0.29, 0.717) is 26.3 Å². The molecule has 1 unspecified atom stereocenters. The fourth-order valence-electron chi connectivity index (χ4n) is 4.02. The molecule has 32 heavy (non-hydrogen) atoms. The summed E-state index contributed by atoms with van der Waals surface area (Å²) in [5.74, 6) is -0.690. The van der Waals surface area contributed by atoms with Gasteiger partial charge in [-0.2, -0.15) is 0 Å². The molecule has 11 heteroatoms. The molecule has 1 fully saturated rings. The van der Waals surface area contributed by atoms with Crippen LogP contribution in [0.15, 0.2) is 34.1 Å². The van der Waals surface area contributed by atoms with Crippen molar-refractivity contribution in [3.63, 3.8) is 0 Å². The van der Waals surface area contributed by atoms with Gasteiger partial charge in [-0.05, 0) is 30.2 Å². The minimum Gasteiger partial charge on any atom is -0.379 e. The van der Waals surface area contributed by atoms with Gasteiger partial charge in [-0.15, -0.1) is 0 Å². The number of halogens is 1. The van der Waals surface area contributed by atoms with Crippen LogP contribution in [0, 0.1) is 12.7 Å². The Hall–Kier alpha value is -3.31. The van der Waals surface area contributed by atoms with Gasteiger partial charge >= 0.3 is 5.69 Å². The highest BCUT2D eigenvalue weighted by Crippen LogP contribution is 2.23. The third kappa shape index (κ3) is 3.96. The van der Waals surface area contributed by atoms with Gasteiger partial charge in [-0.25, -0.2) is 14.2 Å². The fourth-order valence-corrected chi connectivity index (χ4v) is 4.02. The Bertz CT molecular complexity index is 1290. The van der Waals surface area contributed by atoms with E-state index in [1.807, 2.05) is 0 Å². The van der Waals surface area contributed by atoms with Crippen molar-refractivity contribution in [3.8, 4) is 0 Å². The molecular weight excluding hydrogens is 419 g/mol. The molecule has 4 rings (SSSR count). The van der Waals surface area contributed by atoms with E-state index in [4.69, 9.17) is 4.74 Å². The maximum absolute atomic E-state index is 13.7. The smallest absolute Gasteiger partial charge is 0.332 e. The first kappa shape index (κ1) is 21.9. The third-order valence-electron chi connectivity index (χ3n) is 5.77. The van der Waals surface area contributed by atoms with Crippen LogP contribution in [-0.2, 0) is 30.2 Å². The first-order valence-electron chi connectivity index (χ1n) is 10.3. The number of aryl methyl sites for hydroxylation is 2.